The van der Waals surface area contributed by atoms with E-state index in [0.29, 0.717) is 12.8 Å². The van der Waals surface area contributed by atoms with Gasteiger partial charge < -0.3 is 16.2 Å². The summed E-state index contributed by atoms with van der Waals surface area (Å²) in [5, 5.41) is 10.5. The lowest BCUT2D eigenvalue weighted by molar-refractivity contribution is -0.201. The van der Waals surface area contributed by atoms with Crippen LogP contribution in [0.15, 0.2) is 0 Å². The van der Waals surface area contributed by atoms with Gasteiger partial charge in [0.25, 0.3) is 0 Å². The summed E-state index contributed by atoms with van der Waals surface area (Å²) in [6, 6.07) is 0. The van der Waals surface area contributed by atoms with Crippen LogP contribution in [-0.4, -0.2) is 35.4 Å². The largest absolute Gasteiger partial charge is 0.416 e. The van der Waals surface area contributed by atoms with Crippen LogP contribution < -0.4 is 11.1 Å². The lowest BCUT2D eigenvalue weighted by Gasteiger charge is -2.16. The fraction of sp³-hybridized carbons (Fsp3) is 0.857. The van der Waals surface area contributed by atoms with E-state index in [9.17, 15) is 18.0 Å². The summed E-state index contributed by atoms with van der Waals surface area (Å²) in [5.74, 6) is -0.638. The maximum Gasteiger partial charge on any atom is 0.416 e. The Morgan fingerprint density at radius 2 is 2.00 bits per heavy atom. The predicted octanol–water partition coefficient (Wildman–Crippen LogP) is -0.0611. The summed E-state index contributed by atoms with van der Waals surface area (Å²) in [6.07, 6.45) is -6.30. The van der Waals surface area contributed by atoms with Gasteiger partial charge in [-0.25, -0.2) is 0 Å². The van der Waals surface area contributed by atoms with Gasteiger partial charge in [-0.15, -0.1) is 12.4 Å². The first-order valence-corrected chi connectivity index (χ1v) is 4.08. The second-order valence-corrected chi connectivity index (χ2v) is 3.42. The molecule has 0 spiro atoms. The number of nitrogens with two attached hydrogens (primary N) is 1. The first-order valence-electron chi connectivity index (χ1n) is 4.08. The molecule has 4 nitrogen and oxygen atoms in total. The minimum absolute atomic E-state index is 0. The van der Waals surface area contributed by atoms with Gasteiger partial charge in [0.2, 0.25) is 5.91 Å². The molecule has 0 radical (unpaired) electrons. The van der Waals surface area contributed by atoms with E-state index in [1.54, 1.807) is 0 Å². The lowest BCUT2D eigenvalue weighted by atomic mass is 10.2. The minimum atomic E-state index is -4.71. The third kappa shape index (κ3) is 3.84. The fourth-order valence-electron chi connectivity index (χ4n) is 0.843. The van der Waals surface area contributed by atoms with Crippen LogP contribution in [0.25, 0.3) is 0 Å². The van der Waals surface area contributed by atoms with Crippen LogP contribution in [0.5, 0.6) is 0 Å². The molecular formula is C7H12ClF3N2O2. The van der Waals surface area contributed by atoms with Crippen LogP contribution in [0.1, 0.15) is 12.8 Å². The molecule has 4 N–H and O–H groups in total. The maximum atomic E-state index is 11.8. The highest BCUT2D eigenvalue weighted by molar-refractivity contribution is 5.88. The Morgan fingerprint density at radius 1 is 1.53 bits per heavy atom. The molecule has 1 aliphatic carbocycles. The molecule has 1 fully saturated rings. The summed E-state index contributed by atoms with van der Waals surface area (Å²) in [7, 11) is 0. The number of rotatable bonds is 3. The van der Waals surface area contributed by atoms with E-state index in [-0.39, 0.29) is 12.4 Å². The van der Waals surface area contributed by atoms with E-state index < -0.39 is 30.3 Å². The molecule has 1 unspecified atom stereocenters. The lowest BCUT2D eigenvalue weighted by Crippen LogP contribution is -2.48. The zero-order valence-corrected chi connectivity index (χ0v) is 8.49. The molecule has 8 heteroatoms. The Labute approximate surface area is 90.4 Å². The molecule has 15 heavy (non-hydrogen) atoms. The number of hydrogen-bond donors (Lipinski definition) is 3. The van der Waals surface area contributed by atoms with Crippen molar-refractivity contribution in [3.63, 3.8) is 0 Å². The van der Waals surface area contributed by atoms with E-state index in [0.717, 1.165) is 0 Å². The monoisotopic (exact) mass is 248 g/mol. The molecule has 1 aliphatic rings. The van der Waals surface area contributed by atoms with Crippen molar-refractivity contribution >= 4 is 18.3 Å². The zero-order valence-electron chi connectivity index (χ0n) is 7.67. The highest BCUT2D eigenvalue weighted by Crippen LogP contribution is 2.32. The van der Waals surface area contributed by atoms with Crippen molar-refractivity contribution in [1.29, 1.82) is 0 Å². The Morgan fingerprint density at radius 3 is 2.33 bits per heavy atom. The van der Waals surface area contributed by atoms with Gasteiger partial charge in [0.1, 0.15) is 0 Å². The van der Waals surface area contributed by atoms with Crippen molar-refractivity contribution in [2.75, 3.05) is 6.54 Å². The molecule has 1 rings (SSSR count). The fourth-order valence-corrected chi connectivity index (χ4v) is 0.843. The minimum Gasteiger partial charge on any atom is -0.382 e. The van der Waals surface area contributed by atoms with Crippen LogP contribution >= 0.6 is 12.4 Å². The SMILES string of the molecule is Cl.NC1(C(=O)NCC(O)C(F)(F)F)CC1. The molecule has 0 bridgehead atoms. The average molecular weight is 249 g/mol. The smallest absolute Gasteiger partial charge is 0.382 e. The highest BCUT2D eigenvalue weighted by Gasteiger charge is 2.46. The van der Waals surface area contributed by atoms with Crippen LogP contribution in [-0.2, 0) is 4.79 Å². The van der Waals surface area contributed by atoms with E-state index in [1.807, 2.05) is 5.32 Å². The number of aliphatic hydroxyl groups excluding tert-OH is 1. The maximum absolute atomic E-state index is 11.8. The zero-order chi connectivity index (χ0) is 11.0. The Bertz CT molecular complexity index is 243. The molecule has 0 aliphatic heterocycles. The summed E-state index contributed by atoms with van der Waals surface area (Å²) >= 11 is 0. The molecular weight excluding hydrogens is 237 g/mol. The van der Waals surface area contributed by atoms with Crippen molar-refractivity contribution in [2.45, 2.75) is 30.7 Å². The third-order valence-electron chi connectivity index (χ3n) is 2.07. The van der Waals surface area contributed by atoms with Crippen molar-refractivity contribution in [3.05, 3.63) is 0 Å². The number of aliphatic hydroxyl groups is 1. The first-order chi connectivity index (χ1) is 6.26. The van der Waals surface area contributed by atoms with Gasteiger partial charge in [0.15, 0.2) is 6.10 Å². The van der Waals surface area contributed by atoms with Crippen molar-refractivity contribution < 1.29 is 23.1 Å². The number of carbonyl (C=O) groups is 1. The van der Waals surface area contributed by atoms with E-state index in [4.69, 9.17) is 10.8 Å². The number of amides is 1. The van der Waals surface area contributed by atoms with Crippen molar-refractivity contribution in [3.8, 4) is 0 Å². The van der Waals surface area contributed by atoms with Crippen molar-refractivity contribution in [2.24, 2.45) is 5.73 Å². The molecule has 0 saturated heterocycles. The third-order valence-corrected chi connectivity index (χ3v) is 2.07. The van der Waals surface area contributed by atoms with Crippen LogP contribution in [0.3, 0.4) is 0 Å². The summed E-state index contributed by atoms with van der Waals surface area (Å²) in [6.45, 7) is -0.846. The van der Waals surface area contributed by atoms with Crippen molar-refractivity contribution in [1.82, 2.24) is 5.32 Å². The Balaban J connectivity index is 0.00000196. The second-order valence-electron chi connectivity index (χ2n) is 3.42. The number of nitrogens with one attached hydrogen (secondary N) is 1. The molecule has 90 valence electrons. The summed E-state index contributed by atoms with van der Waals surface area (Å²) in [4.78, 5) is 11.0. The van der Waals surface area contributed by atoms with E-state index in [1.165, 1.54) is 0 Å². The Hall–Kier alpha value is -0.530. The first kappa shape index (κ1) is 14.5. The Kier molecular flexibility index (Phi) is 4.38. The van der Waals surface area contributed by atoms with Crippen LogP contribution in [0, 0.1) is 0 Å². The quantitative estimate of drug-likeness (QED) is 0.655. The van der Waals surface area contributed by atoms with E-state index in [2.05, 4.69) is 0 Å². The molecule has 1 saturated carbocycles. The second kappa shape index (κ2) is 4.54. The molecule has 0 heterocycles. The standard InChI is InChI=1S/C7H11F3N2O2.ClH/c8-7(9,10)4(13)3-12-5(14)6(11)1-2-6;/h4,13H,1-3,11H2,(H,12,14);1H. The van der Waals surface area contributed by atoms with E-state index >= 15 is 0 Å². The van der Waals surface area contributed by atoms with Gasteiger partial charge in [-0.2, -0.15) is 13.2 Å². The average Bonchev–Trinajstić information content (AvgIpc) is 2.78. The predicted molar refractivity (Wildman–Crippen MR) is 48.5 cm³/mol. The van der Waals surface area contributed by atoms with Gasteiger partial charge in [0.05, 0.1) is 12.1 Å². The molecule has 0 aromatic carbocycles. The van der Waals surface area contributed by atoms with Crippen LogP contribution in [0.2, 0.25) is 0 Å². The number of carbonyl (C=O) groups excluding carboxylic acids is 1. The van der Waals surface area contributed by atoms with Crippen LogP contribution in [0.4, 0.5) is 13.2 Å². The summed E-state index contributed by atoms with van der Waals surface area (Å²) in [5.41, 5.74) is 4.40. The molecule has 1 atom stereocenters. The highest BCUT2D eigenvalue weighted by atomic mass is 35.5. The van der Waals surface area contributed by atoms with Gasteiger partial charge in [-0.1, -0.05) is 0 Å². The molecule has 1 amide bonds. The number of halogens is 4. The number of alkyl halides is 3. The summed E-state index contributed by atoms with van der Waals surface area (Å²) < 4.78 is 35.3. The van der Waals surface area contributed by atoms with Gasteiger partial charge in [-0.3, -0.25) is 4.79 Å². The normalized spacial score (nSPS) is 20.1. The number of hydrogen-bond acceptors (Lipinski definition) is 3. The van der Waals surface area contributed by atoms with Gasteiger partial charge in [0, 0.05) is 0 Å². The van der Waals surface area contributed by atoms with Gasteiger partial charge >= 0.3 is 6.18 Å². The molecule has 0 aromatic heterocycles. The topological polar surface area (TPSA) is 75.4 Å². The molecule has 0 aromatic rings. The van der Waals surface area contributed by atoms with Gasteiger partial charge in [-0.05, 0) is 12.8 Å².